The van der Waals surface area contributed by atoms with E-state index in [1.54, 1.807) is 0 Å². The van der Waals surface area contributed by atoms with Gasteiger partial charge in [-0.1, -0.05) is 30.5 Å². The summed E-state index contributed by atoms with van der Waals surface area (Å²) in [5.74, 6) is 0. The van der Waals surface area contributed by atoms with E-state index in [1.807, 2.05) is 12.4 Å². The lowest BCUT2D eigenvalue weighted by atomic mass is 9.71. The molecule has 13 heavy (non-hydrogen) atoms. The summed E-state index contributed by atoms with van der Waals surface area (Å²) >= 11 is 0. The van der Waals surface area contributed by atoms with Crippen LogP contribution in [0.4, 0.5) is 0 Å². The predicted molar refractivity (Wildman–Crippen MR) is 59.1 cm³/mol. The zero-order valence-electron chi connectivity index (χ0n) is 8.04. The number of fused-ring (bicyclic) bond motifs is 1. The van der Waals surface area contributed by atoms with Crippen molar-refractivity contribution in [2.24, 2.45) is 0 Å². The lowest BCUT2D eigenvalue weighted by Gasteiger charge is -2.05. The third-order valence-electron chi connectivity index (χ3n) is 2.45. The number of benzene rings is 1. The van der Waals surface area contributed by atoms with Crippen LogP contribution in [0.5, 0.6) is 0 Å². The summed E-state index contributed by atoms with van der Waals surface area (Å²) in [6.45, 7) is 4.32. The third-order valence-corrected chi connectivity index (χ3v) is 2.45. The molecule has 0 N–H and O–H groups in total. The maximum absolute atomic E-state index is 4.22. The van der Waals surface area contributed by atoms with Crippen LogP contribution in [0, 0.1) is 6.92 Å². The van der Waals surface area contributed by atoms with Gasteiger partial charge in [0.2, 0.25) is 0 Å². The Morgan fingerprint density at radius 2 is 2.08 bits per heavy atom. The highest BCUT2D eigenvalue weighted by molar-refractivity contribution is 6.55. The van der Waals surface area contributed by atoms with Crippen LogP contribution < -0.4 is 5.46 Å². The number of hydrogen-bond donors (Lipinski definition) is 0. The Morgan fingerprint density at radius 1 is 1.23 bits per heavy atom. The molecule has 0 saturated carbocycles. The van der Waals surface area contributed by atoms with Crippen LogP contribution in [0.1, 0.15) is 5.56 Å². The van der Waals surface area contributed by atoms with Crippen LogP contribution in [-0.2, 0) is 0 Å². The Kier molecular flexibility index (Phi) is 2.05. The van der Waals surface area contributed by atoms with Gasteiger partial charge in [-0.15, -0.1) is 0 Å². The topological polar surface area (TPSA) is 12.9 Å². The minimum atomic E-state index is 1.05. The highest BCUT2D eigenvalue weighted by Gasteiger charge is 2.01. The van der Waals surface area contributed by atoms with Gasteiger partial charge in [-0.05, 0) is 23.3 Å². The summed E-state index contributed by atoms with van der Waals surface area (Å²) in [4.78, 5) is 4.22. The number of aromatic nitrogens is 1. The molecule has 2 heteroatoms. The summed E-state index contributed by atoms with van der Waals surface area (Å²) in [6, 6.07) is 6.36. The van der Waals surface area contributed by atoms with Gasteiger partial charge >= 0.3 is 0 Å². The van der Waals surface area contributed by atoms with Crippen LogP contribution in [0.25, 0.3) is 10.8 Å². The molecule has 0 fully saturated rings. The van der Waals surface area contributed by atoms with Gasteiger partial charge < -0.3 is 0 Å². The van der Waals surface area contributed by atoms with Crippen molar-refractivity contribution in [3.05, 3.63) is 36.2 Å². The van der Waals surface area contributed by atoms with Crippen molar-refractivity contribution in [2.45, 2.75) is 13.7 Å². The maximum atomic E-state index is 4.22. The minimum Gasteiger partial charge on any atom is -0.265 e. The fraction of sp³-hybridized carbons (Fsp3) is 0.182. The van der Waals surface area contributed by atoms with Crippen LogP contribution in [0.3, 0.4) is 0 Å². The van der Waals surface area contributed by atoms with Crippen molar-refractivity contribution < 1.29 is 0 Å². The van der Waals surface area contributed by atoms with Gasteiger partial charge in [0.15, 0.2) is 7.28 Å². The minimum absolute atomic E-state index is 1.05. The van der Waals surface area contributed by atoms with Gasteiger partial charge in [-0.2, -0.15) is 0 Å². The van der Waals surface area contributed by atoms with E-state index < -0.39 is 0 Å². The summed E-state index contributed by atoms with van der Waals surface area (Å²) < 4.78 is 0. The maximum Gasteiger partial charge on any atom is 0.157 e. The zero-order chi connectivity index (χ0) is 9.26. The van der Waals surface area contributed by atoms with Crippen LogP contribution in [0.2, 0.25) is 6.82 Å². The van der Waals surface area contributed by atoms with E-state index in [-0.39, 0.29) is 0 Å². The summed E-state index contributed by atoms with van der Waals surface area (Å²) in [6.07, 6.45) is 3.90. The van der Waals surface area contributed by atoms with E-state index in [0.717, 1.165) is 7.28 Å². The summed E-state index contributed by atoms with van der Waals surface area (Å²) in [5.41, 5.74) is 2.69. The second kappa shape index (κ2) is 3.21. The van der Waals surface area contributed by atoms with E-state index in [0.29, 0.717) is 0 Å². The number of pyridine rings is 1. The largest absolute Gasteiger partial charge is 0.265 e. The monoisotopic (exact) mass is 169 g/mol. The number of aryl methyl sites for hydroxylation is 1. The van der Waals surface area contributed by atoms with Gasteiger partial charge in [-0.3, -0.25) is 4.98 Å². The first-order chi connectivity index (χ1) is 6.33. The van der Waals surface area contributed by atoms with Crippen molar-refractivity contribution in [3.8, 4) is 0 Å². The fourth-order valence-corrected chi connectivity index (χ4v) is 1.78. The Labute approximate surface area is 79.0 Å². The third kappa shape index (κ3) is 1.33. The van der Waals surface area contributed by atoms with Gasteiger partial charge in [0.25, 0.3) is 0 Å². The highest BCUT2D eigenvalue weighted by Crippen LogP contribution is 2.14. The van der Waals surface area contributed by atoms with E-state index in [2.05, 4.69) is 36.9 Å². The molecule has 0 spiro atoms. The average molecular weight is 169 g/mol. The molecule has 0 bridgehead atoms. The molecule has 0 atom stereocenters. The molecule has 1 aromatic heterocycles. The van der Waals surface area contributed by atoms with Crippen molar-refractivity contribution in [2.75, 3.05) is 0 Å². The molecule has 1 nitrogen and oxygen atoms in total. The molecule has 1 aromatic carbocycles. The van der Waals surface area contributed by atoms with Gasteiger partial charge in [0.05, 0.1) is 0 Å². The van der Waals surface area contributed by atoms with Crippen LogP contribution >= 0.6 is 0 Å². The molecule has 2 rings (SSSR count). The molecule has 0 aliphatic carbocycles. The lowest BCUT2D eigenvalue weighted by Crippen LogP contribution is -2.13. The Bertz CT molecular complexity index is 432. The molecule has 0 radical (unpaired) electrons. The number of nitrogens with zero attached hydrogens (tertiary/aromatic N) is 1. The smallest absolute Gasteiger partial charge is 0.157 e. The number of hydrogen-bond acceptors (Lipinski definition) is 1. The Morgan fingerprint density at radius 3 is 2.85 bits per heavy atom. The first kappa shape index (κ1) is 8.30. The fourth-order valence-electron chi connectivity index (χ4n) is 1.78. The summed E-state index contributed by atoms with van der Waals surface area (Å²) in [7, 11) is 1.05. The second-order valence-corrected chi connectivity index (χ2v) is 3.33. The Hall–Kier alpha value is -1.31. The molecule has 1 heterocycles. The van der Waals surface area contributed by atoms with Crippen LogP contribution in [0.15, 0.2) is 30.6 Å². The highest BCUT2D eigenvalue weighted by atomic mass is 14.6. The van der Waals surface area contributed by atoms with Gasteiger partial charge in [0.1, 0.15) is 0 Å². The van der Waals surface area contributed by atoms with Gasteiger partial charge in [0, 0.05) is 12.4 Å². The standard InChI is InChI=1S/C11H12BN/c1-8-4-3-5-9-6-13-7-10(12-2)11(8)9/h3-7,12H,1-2H3. The molecular weight excluding hydrogens is 157 g/mol. The molecule has 0 amide bonds. The molecule has 0 saturated heterocycles. The van der Waals surface area contributed by atoms with Crippen molar-refractivity contribution in [3.63, 3.8) is 0 Å². The molecule has 2 aromatic rings. The zero-order valence-corrected chi connectivity index (χ0v) is 8.04. The first-order valence-electron chi connectivity index (χ1n) is 4.65. The molecule has 64 valence electrons. The quantitative estimate of drug-likeness (QED) is 0.591. The first-order valence-corrected chi connectivity index (χ1v) is 4.65. The normalized spacial score (nSPS) is 10.3. The molecule has 0 aliphatic heterocycles. The summed E-state index contributed by atoms with van der Waals surface area (Å²) in [5, 5.41) is 2.62. The van der Waals surface area contributed by atoms with E-state index >= 15 is 0 Å². The van der Waals surface area contributed by atoms with E-state index in [1.165, 1.54) is 21.8 Å². The van der Waals surface area contributed by atoms with E-state index in [9.17, 15) is 0 Å². The lowest BCUT2D eigenvalue weighted by molar-refractivity contribution is 1.37. The van der Waals surface area contributed by atoms with Crippen molar-refractivity contribution >= 4 is 23.5 Å². The van der Waals surface area contributed by atoms with Gasteiger partial charge in [-0.25, -0.2) is 0 Å². The number of rotatable bonds is 1. The second-order valence-electron chi connectivity index (χ2n) is 3.33. The molecular formula is C11H12BN. The van der Waals surface area contributed by atoms with E-state index in [4.69, 9.17) is 0 Å². The predicted octanol–water partition coefficient (Wildman–Crippen LogP) is 1.65. The van der Waals surface area contributed by atoms with Crippen LogP contribution in [-0.4, -0.2) is 12.3 Å². The molecule has 0 unspecified atom stereocenters. The average Bonchev–Trinajstić information content (AvgIpc) is 2.17. The van der Waals surface area contributed by atoms with Crippen molar-refractivity contribution in [1.29, 1.82) is 0 Å². The molecule has 0 aliphatic rings. The SMILES string of the molecule is CBc1cncc2cccc(C)c12. The van der Waals surface area contributed by atoms with Crippen molar-refractivity contribution in [1.82, 2.24) is 4.98 Å². The Balaban J connectivity index is 2.87.